The lowest BCUT2D eigenvalue weighted by Gasteiger charge is -2.09. The molecule has 3 N–H and O–H groups in total. The third-order valence-electron chi connectivity index (χ3n) is 1.85. The van der Waals surface area contributed by atoms with E-state index in [2.05, 4.69) is 16.9 Å². The second-order valence-corrected chi connectivity index (χ2v) is 3.03. The zero-order valence-corrected chi connectivity index (χ0v) is 8.85. The Morgan fingerprint density at radius 3 is 2.87 bits per heavy atom. The molecule has 0 aliphatic heterocycles. The molecular formula is C9H10ClN4O. The standard InChI is InChI=1S/C9H10ClN4O/c1-3-5-7(10)6(9(15)14-11)4-13-8(5)12-2/h3-4,11H,1H2,2H3,(H,12,13)(H,14,15). The maximum Gasteiger partial charge on any atom is 0.269 e. The van der Waals surface area contributed by atoms with Crippen LogP contribution in [-0.2, 0) is 0 Å². The number of aromatic nitrogens is 1. The molecule has 1 aromatic heterocycles. The van der Waals surface area contributed by atoms with Gasteiger partial charge in [0, 0.05) is 18.8 Å². The summed E-state index contributed by atoms with van der Waals surface area (Å²) in [5.74, 6) is 6.68. The number of nitrogens with zero attached hydrogens (tertiary/aromatic N) is 1. The highest BCUT2D eigenvalue weighted by molar-refractivity contribution is 6.35. The minimum Gasteiger partial charge on any atom is -0.373 e. The minimum atomic E-state index is -0.599. The molecule has 1 aromatic rings. The Labute approximate surface area is 92.3 Å². The number of hydrogen-bond donors (Lipinski definition) is 2. The lowest BCUT2D eigenvalue weighted by atomic mass is 10.1. The van der Waals surface area contributed by atoms with Gasteiger partial charge in [-0.2, -0.15) is 5.84 Å². The molecule has 0 fully saturated rings. The number of halogens is 1. The molecule has 6 heteroatoms. The van der Waals surface area contributed by atoms with Crippen molar-refractivity contribution in [3.63, 3.8) is 0 Å². The number of carbonyl (C=O) groups excluding carboxylic acids is 1. The van der Waals surface area contributed by atoms with Gasteiger partial charge in [-0.3, -0.25) is 10.2 Å². The second kappa shape index (κ2) is 4.77. The van der Waals surface area contributed by atoms with E-state index >= 15 is 0 Å². The van der Waals surface area contributed by atoms with E-state index in [0.717, 1.165) is 0 Å². The van der Waals surface area contributed by atoms with Gasteiger partial charge in [0.05, 0.1) is 10.6 Å². The topological polar surface area (TPSA) is 77.8 Å². The lowest BCUT2D eigenvalue weighted by molar-refractivity contribution is 0.0950. The fourth-order valence-corrected chi connectivity index (χ4v) is 1.42. The first-order valence-corrected chi connectivity index (χ1v) is 4.49. The van der Waals surface area contributed by atoms with E-state index in [9.17, 15) is 4.79 Å². The molecule has 1 rings (SSSR count). The van der Waals surface area contributed by atoms with E-state index in [1.54, 1.807) is 12.5 Å². The quantitative estimate of drug-likeness (QED) is 0.763. The molecule has 0 saturated carbocycles. The van der Waals surface area contributed by atoms with Gasteiger partial charge in [0.15, 0.2) is 0 Å². The molecule has 5 nitrogen and oxygen atoms in total. The molecule has 0 atom stereocenters. The van der Waals surface area contributed by atoms with Crippen molar-refractivity contribution < 1.29 is 4.79 Å². The van der Waals surface area contributed by atoms with Crippen LogP contribution < -0.4 is 16.6 Å². The minimum absolute atomic E-state index is 0.153. The fourth-order valence-electron chi connectivity index (χ4n) is 1.12. The van der Waals surface area contributed by atoms with Crippen LogP contribution in [0.2, 0.25) is 5.02 Å². The van der Waals surface area contributed by atoms with Crippen LogP contribution in [0.3, 0.4) is 0 Å². The molecule has 0 saturated heterocycles. The zero-order valence-electron chi connectivity index (χ0n) is 8.10. The summed E-state index contributed by atoms with van der Waals surface area (Å²) in [7, 11) is 1.69. The van der Waals surface area contributed by atoms with Gasteiger partial charge in [-0.1, -0.05) is 24.3 Å². The third kappa shape index (κ3) is 2.08. The van der Waals surface area contributed by atoms with Crippen LogP contribution in [0.15, 0.2) is 12.8 Å². The Bertz CT molecular complexity index is 405. The van der Waals surface area contributed by atoms with Gasteiger partial charge in [0.25, 0.3) is 5.91 Å². The van der Waals surface area contributed by atoms with Gasteiger partial charge in [-0.25, -0.2) is 4.98 Å². The molecule has 0 aliphatic carbocycles. The van der Waals surface area contributed by atoms with E-state index in [1.165, 1.54) is 12.3 Å². The summed E-state index contributed by atoms with van der Waals surface area (Å²) in [5, 5.41) is 3.06. The van der Waals surface area contributed by atoms with E-state index < -0.39 is 5.91 Å². The van der Waals surface area contributed by atoms with Crippen LogP contribution in [0, 0.1) is 0 Å². The molecule has 15 heavy (non-hydrogen) atoms. The smallest absolute Gasteiger partial charge is 0.269 e. The van der Waals surface area contributed by atoms with Crippen molar-refractivity contribution in [2.45, 2.75) is 0 Å². The Morgan fingerprint density at radius 1 is 1.73 bits per heavy atom. The maximum absolute atomic E-state index is 11.2. The van der Waals surface area contributed by atoms with Gasteiger partial charge in [0.1, 0.15) is 5.82 Å². The Balaban J connectivity index is 3.35. The van der Waals surface area contributed by atoms with Crippen LogP contribution in [0.5, 0.6) is 0 Å². The number of anilines is 1. The molecule has 1 heterocycles. The molecule has 0 spiro atoms. The molecule has 0 unspecified atom stereocenters. The van der Waals surface area contributed by atoms with Crippen molar-refractivity contribution in [3.8, 4) is 0 Å². The maximum atomic E-state index is 11.2. The van der Waals surface area contributed by atoms with Crippen molar-refractivity contribution in [1.82, 2.24) is 16.3 Å². The molecule has 1 radical (unpaired) electrons. The van der Waals surface area contributed by atoms with Crippen LogP contribution in [0.4, 0.5) is 5.82 Å². The van der Waals surface area contributed by atoms with Crippen molar-refractivity contribution in [2.24, 2.45) is 0 Å². The average molecular weight is 226 g/mol. The highest BCUT2D eigenvalue weighted by atomic mass is 35.5. The van der Waals surface area contributed by atoms with Crippen molar-refractivity contribution >= 4 is 29.4 Å². The van der Waals surface area contributed by atoms with Crippen molar-refractivity contribution in [1.29, 1.82) is 0 Å². The Hall–Kier alpha value is -1.59. The Kier molecular flexibility index (Phi) is 3.65. The van der Waals surface area contributed by atoms with Crippen LogP contribution >= 0.6 is 11.6 Å². The van der Waals surface area contributed by atoms with Crippen molar-refractivity contribution in [2.75, 3.05) is 12.4 Å². The lowest BCUT2D eigenvalue weighted by Crippen LogP contribution is -2.21. The molecule has 0 aromatic carbocycles. The number of nitrogens with one attached hydrogen (secondary N) is 3. The monoisotopic (exact) mass is 225 g/mol. The predicted octanol–water partition coefficient (Wildman–Crippen LogP) is 1.35. The number of hydrogen-bond acceptors (Lipinski definition) is 3. The molecule has 0 bridgehead atoms. The zero-order chi connectivity index (χ0) is 11.4. The van der Waals surface area contributed by atoms with Crippen molar-refractivity contribution in [3.05, 3.63) is 28.9 Å². The first kappa shape index (κ1) is 11.5. The number of carbonyl (C=O) groups is 1. The average Bonchev–Trinajstić information content (AvgIpc) is 2.27. The fraction of sp³-hybridized carbons (Fsp3) is 0.111. The van der Waals surface area contributed by atoms with Crippen LogP contribution in [0.25, 0.3) is 6.08 Å². The van der Waals surface area contributed by atoms with E-state index in [4.69, 9.17) is 17.4 Å². The normalized spacial score (nSPS) is 9.53. The van der Waals surface area contributed by atoms with E-state index in [1.807, 2.05) is 0 Å². The SMILES string of the molecule is C=Cc1c(NC)ncc(C(=O)N[NH])c1Cl. The molecule has 1 amide bonds. The molecule has 0 aliphatic rings. The van der Waals surface area contributed by atoms with E-state index in [-0.39, 0.29) is 10.6 Å². The summed E-state index contributed by atoms with van der Waals surface area (Å²) in [4.78, 5) is 15.2. The third-order valence-corrected chi connectivity index (χ3v) is 2.26. The summed E-state index contributed by atoms with van der Waals surface area (Å²) in [6.07, 6.45) is 2.81. The van der Waals surface area contributed by atoms with Crippen LogP contribution in [-0.4, -0.2) is 17.9 Å². The second-order valence-electron chi connectivity index (χ2n) is 2.66. The molecular weight excluding hydrogens is 216 g/mol. The Morgan fingerprint density at radius 2 is 2.40 bits per heavy atom. The van der Waals surface area contributed by atoms with Gasteiger partial charge >= 0.3 is 0 Å². The first-order chi connectivity index (χ1) is 7.15. The van der Waals surface area contributed by atoms with Gasteiger partial charge in [-0.15, -0.1) is 0 Å². The first-order valence-electron chi connectivity index (χ1n) is 4.11. The summed E-state index contributed by atoms with van der Waals surface area (Å²) in [5.41, 5.74) is 2.44. The largest absolute Gasteiger partial charge is 0.373 e. The predicted molar refractivity (Wildman–Crippen MR) is 59.4 cm³/mol. The van der Waals surface area contributed by atoms with Gasteiger partial charge < -0.3 is 5.32 Å². The number of pyridine rings is 1. The van der Waals surface area contributed by atoms with Crippen LogP contribution in [0.1, 0.15) is 15.9 Å². The summed E-state index contributed by atoms with van der Waals surface area (Å²) < 4.78 is 0. The highest BCUT2D eigenvalue weighted by Crippen LogP contribution is 2.26. The molecule has 79 valence electrons. The number of amides is 1. The summed E-state index contributed by atoms with van der Waals surface area (Å²) in [6.45, 7) is 3.58. The number of rotatable bonds is 3. The van der Waals surface area contributed by atoms with Gasteiger partial charge in [0.2, 0.25) is 0 Å². The summed E-state index contributed by atoms with van der Waals surface area (Å²) >= 11 is 5.97. The van der Waals surface area contributed by atoms with Gasteiger partial charge in [-0.05, 0) is 0 Å². The highest BCUT2D eigenvalue weighted by Gasteiger charge is 2.15. The summed E-state index contributed by atoms with van der Waals surface area (Å²) in [6, 6.07) is 0. The van der Waals surface area contributed by atoms with E-state index in [0.29, 0.717) is 11.4 Å².